The van der Waals surface area contributed by atoms with Gasteiger partial charge in [0.1, 0.15) is 0 Å². The Morgan fingerprint density at radius 3 is 2.43 bits per heavy atom. The third kappa shape index (κ3) is 3.78. The smallest absolute Gasteiger partial charge is 0.0639 e. The van der Waals surface area contributed by atoms with Gasteiger partial charge in [-0.1, -0.05) is 12.5 Å². The minimum atomic E-state index is -0.218. The van der Waals surface area contributed by atoms with E-state index in [1.807, 2.05) is 6.92 Å². The third-order valence-electron chi connectivity index (χ3n) is 4.84. The van der Waals surface area contributed by atoms with Gasteiger partial charge in [-0.2, -0.15) is 0 Å². The molecular weight excluding hydrogens is 260 g/mol. The maximum Gasteiger partial charge on any atom is 0.0639 e. The summed E-state index contributed by atoms with van der Waals surface area (Å²) in [6.45, 7) is 6.94. The van der Waals surface area contributed by atoms with Gasteiger partial charge in [-0.05, 0) is 55.9 Å². The van der Waals surface area contributed by atoms with Crippen LogP contribution in [0.2, 0.25) is 0 Å². The van der Waals surface area contributed by atoms with Gasteiger partial charge in [0.2, 0.25) is 0 Å². The molecule has 0 aromatic heterocycles. The van der Waals surface area contributed by atoms with E-state index in [4.69, 9.17) is 0 Å². The molecule has 0 spiro atoms. The first kappa shape index (κ1) is 14.9. The van der Waals surface area contributed by atoms with Crippen LogP contribution in [0.1, 0.15) is 37.3 Å². The van der Waals surface area contributed by atoms with Crippen LogP contribution in [-0.2, 0) is 12.8 Å². The molecule has 21 heavy (non-hydrogen) atoms. The number of aliphatic hydroxyl groups excluding tert-OH is 1. The van der Waals surface area contributed by atoms with Gasteiger partial charge in [0, 0.05) is 38.4 Å². The van der Waals surface area contributed by atoms with Crippen LogP contribution in [0.15, 0.2) is 18.2 Å². The Morgan fingerprint density at radius 2 is 1.71 bits per heavy atom. The maximum absolute atomic E-state index is 9.49. The lowest BCUT2D eigenvalue weighted by Crippen LogP contribution is -2.48. The van der Waals surface area contributed by atoms with E-state index in [1.54, 1.807) is 11.1 Å². The number of aliphatic hydroxyl groups is 1. The van der Waals surface area contributed by atoms with E-state index >= 15 is 0 Å². The molecule has 1 atom stereocenters. The van der Waals surface area contributed by atoms with E-state index < -0.39 is 0 Å². The lowest BCUT2D eigenvalue weighted by Gasteiger charge is -2.36. The zero-order valence-corrected chi connectivity index (χ0v) is 13.2. The van der Waals surface area contributed by atoms with Gasteiger partial charge in [0.15, 0.2) is 0 Å². The molecule has 1 aliphatic carbocycles. The molecule has 116 valence electrons. The van der Waals surface area contributed by atoms with Crippen molar-refractivity contribution >= 4 is 5.69 Å². The molecule has 1 saturated heterocycles. The largest absolute Gasteiger partial charge is 0.392 e. The zero-order valence-electron chi connectivity index (χ0n) is 13.2. The summed E-state index contributed by atoms with van der Waals surface area (Å²) in [5.74, 6) is 0. The zero-order chi connectivity index (χ0) is 14.7. The molecule has 2 aliphatic rings. The van der Waals surface area contributed by atoms with Crippen molar-refractivity contribution in [1.82, 2.24) is 4.90 Å². The second-order valence-electron chi connectivity index (χ2n) is 6.65. The fraction of sp³-hybridized carbons (Fsp3) is 0.667. The molecule has 1 aromatic rings. The van der Waals surface area contributed by atoms with Crippen molar-refractivity contribution in [2.24, 2.45) is 0 Å². The van der Waals surface area contributed by atoms with E-state index in [2.05, 4.69) is 28.0 Å². The minimum Gasteiger partial charge on any atom is -0.392 e. The van der Waals surface area contributed by atoms with E-state index in [0.717, 1.165) is 32.7 Å². The van der Waals surface area contributed by atoms with Gasteiger partial charge < -0.3 is 10.0 Å². The Hall–Kier alpha value is -1.06. The maximum atomic E-state index is 9.49. The number of anilines is 1. The second-order valence-corrected chi connectivity index (χ2v) is 6.65. The first-order valence-corrected chi connectivity index (χ1v) is 8.49. The summed E-state index contributed by atoms with van der Waals surface area (Å²) in [5.41, 5.74) is 4.55. The van der Waals surface area contributed by atoms with E-state index in [0.29, 0.717) is 0 Å². The number of aryl methyl sites for hydroxylation is 2. The summed E-state index contributed by atoms with van der Waals surface area (Å²) in [6, 6.07) is 7.11. The number of nitrogens with zero attached hydrogens (tertiary/aromatic N) is 2. The molecular formula is C18H28N2O. The molecule has 3 rings (SSSR count). The van der Waals surface area contributed by atoms with Gasteiger partial charge >= 0.3 is 0 Å². The number of hydrogen-bond donors (Lipinski definition) is 1. The fourth-order valence-electron chi connectivity index (χ4n) is 3.66. The molecule has 1 aliphatic heterocycles. The van der Waals surface area contributed by atoms with Gasteiger partial charge in [0.25, 0.3) is 0 Å². The van der Waals surface area contributed by atoms with Gasteiger partial charge in [-0.25, -0.2) is 0 Å². The fourth-order valence-corrected chi connectivity index (χ4v) is 3.66. The number of piperazine rings is 1. The summed E-state index contributed by atoms with van der Waals surface area (Å²) in [6.07, 6.45) is 6.37. The molecule has 1 unspecified atom stereocenters. The lowest BCUT2D eigenvalue weighted by atomic mass is 10.0. The first-order chi connectivity index (χ1) is 10.2. The average molecular weight is 288 g/mol. The minimum absolute atomic E-state index is 0.218. The number of rotatable bonds is 3. The monoisotopic (exact) mass is 288 g/mol. The molecule has 1 heterocycles. The summed E-state index contributed by atoms with van der Waals surface area (Å²) in [7, 11) is 0. The SMILES string of the molecule is CC(O)CN1CCN(c2ccc3c(c2)CCCCC3)CC1. The van der Waals surface area contributed by atoms with Gasteiger partial charge in [0.05, 0.1) is 6.10 Å². The normalized spacial score (nSPS) is 21.7. The van der Waals surface area contributed by atoms with Crippen molar-refractivity contribution in [2.75, 3.05) is 37.6 Å². The van der Waals surface area contributed by atoms with Crippen LogP contribution in [0.5, 0.6) is 0 Å². The Kier molecular flexibility index (Phi) is 4.81. The Bertz CT molecular complexity index is 464. The van der Waals surface area contributed by atoms with Crippen LogP contribution < -0.4 is 4.90 Å². The Labute approximate surface area is 128 Å². The topological polar surface area (TPSA) is 26.7 Å². The van der Waals surface area contributed by atoms with Crippen molar-refractivity contribution < 1.29 is 5.11 Å². The van der Waals surface area contributed by atoms with Crippen LogP contribution in [0.25, 0.3) is 0 Å². The summed E-state index contributed by atoms with van der Waals surface area (Å²) < 4.78 is 0. The molecule has 1 fully saturated rings. The number of hydrogen-bond acceptors (Lipinski definition) is 3. The molecule has 0 bridgehead atoms. The highest BCUT2D eigenvalue weighted by atomic mass is 16.3. The molecule has 1 N–H and O–H groups in total. The Balaban J connectivity index is 1.64. The first-order valence-electron chi connectivity index (χ1n) is 8.49. The lowest BCUT2D eigenvalue weighted by molar-refractivity contribution is 0.123. The highest BCUT2D eigenvalue weighted by molar-refractivity contribution is 5.52. The quantitative estimate of drug-likeness (QED) is 0.866. The van der Waals surface area contributed by atoms with Crippen molar-refractivity contribution in [3.63, 3.8) is 0 Å². The Morgan fingerprint density at radius 1 is 1.00 bits per heavy atom. The van der Waals surface area contributed by atoms with Crippen molar-refractivity contribution in [1.29, 1.82) is 0 Å². The molecule has 3 heteroatoms. The van der Waals surface area contributed by atoms with Crippen molar-refractivity contribution in [3.05, 3.63) is 29.3 Å². The summed E-state index contributed by atoms with van der Waals surface area (Å²) >= 11 is 0. The predicted molar refractivity (Wildman–Crippen MR) is 88.0 cm³/mol. The second kappa shape index (κ2) is 6.80. The van der Waals surface area contributed by atoms with Gasteiger partial charge in [-0.15, -0.1) is 0 Å². The standard InChI is InChI=1S/C18H28N2O/c1-15(21)14-19-9-11-20(12-10-19)18-8-7-16-5-3-2-4-6-17(16)13-18/h7-8,13,15,21H,2-6,9-12,14H2,1H3. The van der Waals surface area contributed by atoms with Crippen LogP contribution >= 0.6 is 0 Å². The highest BCUT2D eigenvalue weighted by Crippen LogP contribution is 2.26. The molecule has 3 nitrogen and oxygen atoms in total. The van der Waals surface area contributed by atoms with Crippen LogP contribution in [0.4, 0.5) is 5.69 Å². The van der Waals surface area contributed by atoms with Crippen molar-refractivity contribution in [3.8, 4) is 0 Å². The van der Waals surface area contributed by atoms with Gasteiger partial charge in [-0.3, -0.25) is 4.90 Å². The van der Waals surface area contributed by atoms with Crippen molar-refractivity contribution in [2.45, 2.75) is 45.1 Å². The van der Waals surface area contributed by atoms with Crippen LogP contribution in [-0.4, -0.2) is 48.8 Å². The van der Waals surface area contributed by atoms with E-state index in [9.17, 15) is 5.11 Å². The predicted octanol–water partition coefficient (Wildman–Crippen LogP) is 2.46. The van der Waals surface area contributed by atoms with E-state index in [-0.39, 0.29) is 6.10 Å². The number of benzene rings is 1. The molecule has 0 saturated carbocycles. The number of fused-ring (bicyclic) bond motifs is 1. The third-order valence-corrected chi connectivity index (χ3v) is 4.84. The summed E-state index contributed by atoms with van der Waals surface area (Å²) in [4.78, 5) is 4.87. The summed E-state index contributed by atoms with van der Waals surface area (Å²) in [5, 5.41) is 9.49. The highest BCUT2D eigenvalue weighted by Gasteiger charge is 2.19. The van der Waals surface area contributed by atoms with Crippen LogP contribution in [0, 0.1) is 0 Å². The van der Waals surface area contributed by atoms with E-state index in [1.165, 1.54) is 37.8 Å². The molecule has 0 amide bonds. The molecule has 0 radical (unpaired) electrons. The molecule has 1 aromatic carbocycles. The average Bonchev–Trinajstić information content (AvgIpc) is 2.72. The number of β-amino-alcohol motifs (C(OH)–C–C–N with tert-alkyl or cyclic N) is 1. The van der Waals surface area contributed by atoms with Crippen LogP contribution in [0.3, 0.4) is 0 Å².